The van der Waals surface area contributed by atoms with E-state index in [4.69, 9.17) is 11.6 Å². The molecular weight excluding hydrogens is 296 g/mol. The molecule has 1 aromatic heterocycles. The first-order chi connectivity index (χ1) is 10.7. The molecule has 1 saturated carbocycles. The molecule has 114 valence electrons. The molecule has 2 aromatic rings. The first-order valence-corrected chi connectivity index (χ1v) is 8.03. The summed E-state index contributed by atoms with van der Waals surface area (Å²) in [5.41, 5.74) is 1.94. The van der Waals surface area contributed by atoms with Crippen LogP contribution in [-0.2, 0) is 5.41 Å². The third-order valence-corrected chi connectivity index (χ3v) is 4.73. The van der Waals surface area contributed by atoms with Crippen LogP contribution in [0.5, 0.6) is 0 Å². The van der Waals surface area contributed by atoms with Crippen LogP contribution in [0.4, 0.5) is 0 Å². The molecule has 4 heteroatoms. The Kier molecular flexibility index (Phi) is 4.44. The molecule has 0 atom stereocenters. The highest BCUT2D eigenvalue weighted by Gasteiger charge is 2.35. The molecule has 0 aliphatic heterocycles. The van der Waals surface area contributed by atoms with Crippen LogP contribution in [0.25, 0.3) is 0 Å². The number of hydrogen-bond acceptors (Lipinski definition) is 2. The van der Waals surface area contributed by atoms with Crippen LogP contribution in [0, 0.1) is 0 Å². The van der Waals surface area contributed by atoms with Gasteiger partial charge in [-0.05, 0) is 30.5 Å². The largest absolute Gasteiger partial charge is 0.351 e. The fourth-order valence-corrected chi connectivity index (χ4v) is 3.48. The van der Waals surface area contributed by atoms with Crippen molar-refractivity contribution >= 4 is 17.5 Å². The zero-order valence-electron chi connectivity index (χ0n) is 12.4. The number of benzene rings is 1. The molecule has 1 aromatic carbocycles. The molecule has 1 aliphatic carbocycles. The van der Waals surface area contributed by atoms with Crippen LogP contribution in [0.1, 0.15) is 41.6 Å². The predicted octanol–water partition coefficient (Wildman–Crippen LogP) is 3.98. The lowest BCUT2D eigenvalue weighted by molar-refractivity contribution is 0.0943. The Hall–Kier alpha value is -1.87. The Labute approximate surface area is 135 Å². The van der Waals surface area contributed by atoms with Gasteiger partial charge in [0.15, 0.2) is 0 Å². The van der Waals surface area contributed by atoms with Crippen LogP contribution in [0.15, 0.2) is 48.7 Å². The maximum atomic E-state index is 12.3. The number of pyridine rings is 1. The van der Waals surface area contributed by atoms with Gasteiger partial charge in [0.25, 0.3) is 5.91 Å². The topological polar surface area (TPSA) is 42.0 Å². The quantitative estimate of drug-likeness (QED) is 0.867. The summed E-state index contributed by atoms with van der Waals surface area (Å²) >= 11 is 5.85. The first kappa shape index (κ1) is 15.0. The molecule has 1 N–H and O–H groups in total. The average molecular weight is 315 g/mol. The summed E-state index contributed by atoms with van der Waals surface area (Å²) < 4.78 is 0. The molecule has 1 heterocycles. The highest BCUT2D eigenvalue weighted by Crippen LogP contribution is 2.40. The Morgan fingerprint density at radius 3 is 2.59 bits per heavy atom. The van der Waals surface area contributed by atoms with Crippen molar-refractivity contribution in [2.75, 3.05) is 6.54 Å². The fourth-order valence-electron chi connectivity index (χ4n) is 3.31. The van der Waals surface area contributed by atoms with E-state index in [0.717, 1.165) is 12.8 Å². The SMILES string of the molecule is O=C(NCC1(c2ccccc2)CCCC1)c1ccnc(Cl)c1. The van der Waals surface area contributed by atoms with Crippen molar-refractivity contribution in [2.45, 2.75) is 31.1 Å². The molecule has 22 heavy (non-hydrogen) atoms. The van der Waals surface area contributed by atoms with Crippen molar-refractivity contribution in [3.8, 4) is 0 Å². The third-order valence-electron chi connectivity index (χ3n) is 4.52. The maximum absolute atomic E-state index is 12.3. The number of aromatic nitrogens is 1. The van der Waals surface area contributed by atoms with E-state index in [1.807, 2.05) is 6.07 Å². The lowest BCUT2D eigenvalue weighted by atomic mass is 9.79. The Bertz CT molecular complexity index is 651. The number of amides is 1. The van der Waals surface area contributed by atoms with Gasteiger partial charge in [0.05, 0.1) is 0 Å². The number of carbonyl (C=O) groups is 1. The van der Waals surface area contributed by atoms with Crippen LogP contribution >= 0.6 is 11.6 Å². The average Bonchev–Trinajstić information content (AvgIpc) is 3.04. The number of rotatable bonds is 4. The summed E-state index contributed by atoms with van der Waals surface area (Å²) in [7, 11) is 0. The molecule has 0 unspecified atom stereocenters. The molecule has 0 bridgehead atoms. The van der Waals surface area contributed by atoms with Crippen molar-refractivity contribution in [2.24, 2.45) is 0 Å². The lowest BCUT2D eigenvalue weighted by Crippen LogP contribution is -2.39. The molecular formula is C18H19ClN2O. The van der Waals surface area contributed by atoms with Crippen LogP contribution in [0.2, 0.25) is 5.15 Å². The minimum atomic E-state index is -0.0912. The van der Waals surface area contributed by atoms with E-state index >= 15 is 0 Å². The minimum absolute atomic E-state index is 0.0632. The van der Waals surface area contributed by atoms with E-state index in [-0.39, 0.29) is 11.3 Å². The summed E-state index contributed by atoms with van der Waals surface area (Å²) in [5.74, 6) is -0.0912. The molecule has 1 aliphatic rings. The zero-order chi connectivity index (χ0) is 15.4. The fraction of sp³-hybridized carbons (Fsp3) is 0.333. The number of nitrogens with one attached hydrogen (secondary N) is 1. The second-order valence-electron chi connectivity index (χ2n) is 5.90. The van der Waals surface area contributed by atoms with E-state index in [1.54, 1.807) is 18.3 Å². The van der Waals surface area contributed by atoms with E-state index in [0.29, 0.717) is 17.3 Å². The lowest BCUT2D eigenvalue weighted by Gasteiger charge is -2.30. The van der Waals surface area contributed by atoms with Gasteiger partial charge in [0.2, 0.25) is 0 Å². The van der Waals surface area contributed by atoms with E-state index < -0.39 is 0 Å². The number of nitrogens with zero attached hydrogens (tertiary/aromatic N) is 1. The van der Waals surface area contributed by atoms with Gasteiger partial charge in [-0.2, -0.15) is 0 Å². The highest BCUT2D eigenvalue weighted by molar-refractivity contribution is 6.29. The standard InChI is InChI=1S/C18H19ClN2O/c19-16-12-14(8-11-20-16)17(22)21-13-18(9-4-5-10-18)15-6-2-1-3-7-15/h1-3,6-8,11-12H,4-5,9-10,13H2,(H,21,22). The van der Waals surface area contributed by atoms with E-state index in [1.165, 1.54) is 18.4 Å². The second-order valence-corrected chi connectivity index (χ2v) is 6.29. The van der Waals surface area contributed by atoms with Crippen molar-refractivity contribution in [3.05, 3.63) is 64.9 Å². The van der Waals surface area contributed by atoms with Crippen molar-refractivity contribution in [3.63, 3.8) is 0 Å². The Morgan fingerprint density at radius 2 is 1.91 bits per heavy atom. The van der Waals surface area contributed by atoms with Gasteiger partial charge < -0.3 is 5.32 Å². The van der Waals surface area contributed by atoms with Crippen LogP contribution < -0.4 is 5.32 Å². The van der Waals surface area contributed by atoms with Gasteiger partial charge in [-0.1, -0.05) is 54.8 Å². The van der Waals surface area contributed by atoms with Crippen molar-refractivity contribution < 1.29 is 4.79 Å². The van der Waals surface area contributed by atoms with Crippen LogP contribution in [0.3, 0.4) is 0 Å². The van der Waals surface area contributed by atoms with Gasteiger partial charge in [0.1, 0.15) is 5.15 Å². The van der Waals surface area contributed by atoms with Gasteiger partial charge in [0, 0.05) is 23.7 Å². The molecule has 1 fully saturated rings. The number of hydrogen-bond donors (Lipinski definition) is 1. The smallest absolute Gasteiger partial charge is 0.251 e. The highest BCUT2D eigenvalue weighted by atomic mass is 35.5. The first-order valence-electron chi connectivity index (χ1n) is 7.65. The maximum Gasteiger partial charge on any atom is 0.251 e. The molecule has 0 saturated heterocycles. The van der Waals surface area contributed by atoms with E-state index in [2.05, 4.69) is 34.6 Å². The normalized spacial score (nSPS) is 16.4. The second kappa shape index (κ2) is 6.49. The molecule has 0 spiro atoms. The van der Waals surface area contributed by atoms with Gasteiger partial charge in [-0.25, -0.2) is 4.98 Å². The minimum Gasteiger partial charge on any atom is -0.351 e. The summed E-state index contributed by atoms with van der Waals surface area (Å²) in [6, 6.07) is 13.8. The third kappa shape index (κ3) is 3.14. The number of carbonyl (C=O) groups excluding carboxylic acids is 1. The summed E-state index contributed by atoms with van der Waals surface area (Å²) in [6.45, 7) is 0.662. The van der Waals surface area contributed by atoms with Crippen molar-refractivity contribution in [1.82, 2.24) is 10.3 Å². The molecule has 0 radical (unpaired) electrons. The molecule has 3 nitrogen and oxygen atoms in total. The van der Waals surface area contributed by atoms with Gasteiger partial charge in [-0.3, -0.25) is 4.79 Å². The Morgan fingerprint density at radius 1 is 1.18 bits per heavy atom. The summed E-state index contributed by atoms with van der Waals surface area (Å²) in [4.78, 5) is 16.2. The Balaban J connectivity index is 1.74. The van der Waals surface area contributed by atoms with E-state index in [9.17, 15) is 4.79 Å². The summed E-state index contributed by atoms with van der Waals surface area (Å²) in [6.07, 6.45) is 6.22. The monoisotopic (exact) mass is 314 g/mol. The molecule has 1 amide bonds. The zero-order valence-corrected chi connectivity index (χ0v) is 13.1. The van der Waals surface area contributed by atoms with Gasteiger partial charge in [-0.15, -0.1) is 0 Å². The number of halogens is 1. The van der Waals surface area contributed by atoms with Crippen molar-refractivity contribution in [1.29, 1.82) is 0 Å². The summed E-state index contributed by atoms with van der Waals surface area (Å²) in [5, 5.41) is 3.42. The predicted molar refractivity (Wildman–Crippen MR) is 88.2 cm³/mol. The molecule has 3 rings (SSSR count). The van der Waals surface area contributed by atoms with Crippen LogP contribution in [-0.4, -0.2) is 17.4 Å². The van der Waals surface area contributed by atoms with Gasteiger partial charge >= 0.3 is 0 Å².